The van der Waals surface area contributed by atoms with Crippen LogP contribution < -0.4 is 15.2 Å². The van der Waals surface area contributed by atoms with Crippen molar-refractivity contribution < 1.29 is 13.9 Å². The SMILES string of the molecule is O=c1nc(N2CCOCC2)oc2c(-c3ccsc3)c(OCc3ccncc3)ccc12. The highest BCUT2D eigenvalue weighted by Crippen LogP contribution is 2.38. The Morgan fingerprint density at radius 2 is 1.93 bits per heavy atom. The molecule has 0 saturated carbocycles. The molecule has 1 aliphatic rings. The van der Waals surface area contributed by atoms with E-state index in [-0.39, 0.29) is 5.56 Å². The van der Waals surface area contributed by atoms with Gasteiger partial charge in [-0.05, 0) is 52.2 Å². The minimum atomic E-state index is -0.310. The van der Waals surface area contributed by atoms with E-state index in [4.69, 9.17) is 13.9 Å². The number of morpholine rings is 1. The van der Waals surface area contributed by atoms with Crippen molar-refractivity contribution in [3.05, 3.63) is 69.4 Å². The van der Waals surface area contributed by atoms with E-state index >= 15 is 0 Å². The normalized spacial score (nSPS) is 14.2. The Balaban J connectivity index is 1.63. The van der Waals surface area contributed by atoms with Gasteiger partial charge >= 0.3 is 6.01 Å². The molecule has 0 bridgehead atoms. The van der Waals surface area contributed by atoms with Crippen LogP contribution in [0.4, 0.5) is 6.01 Å². The second-order valence-electron chi connectivity index (χ2n) is 6.87. The number of fused-ring (bicyclic) bond motifs is 1. The zero-order valence-electron chi connectivity index (χ0n) is 16.1. The molecule has 5 rings (SSSR count). The van der Waals surface area contributed by atoms with E-state index in [1.165, 1.54) is 0 Å². The van der Waals surface area contributed by atoms with Crippen molar-refractivity contribution in [2.45, 2.75) is 6.61 Å². The molecule has 0 atom stereocenters. The average Bonchev–Trinajstić information content (AvgIpc) is 3.33. The molecule has 30 heavy (non-hydrogen) atoms. The Labute approximate surface area is 176 Å². The summed E-state index contributed by atoms with van der Waals surface area (Å²) in [6, 6.07) is 9.66. The maximum atomic E-state index is 12.8. The summed E-state index contributed by atoms with van der Waals surface area (Å²) in [6.07, 6.45) is 3.47. The molecule has 0 radical (unpaired) electrons. The maximum absolute atomic E-state index is 12.8. The molecule has 152 valence electrons. The minimum absolute atomic E-state index is 0.310. The summed E-state index contributed by atoms with van der Waals surface area (Å²) in [5.41, 5.74) is 2.89. The van der Waals surface area contributed by atoms with Gasteiger partial charge in [0.2, 0.25) is 0 Å². The molecule has 0 amide bonds. The van der Waals surface area contributed by atoms with Crippen LogP contribution in [0.2, 0.25) is 0 Å². The van der Waals surface area contributed by atoms with Gasteiger partial charge in [-0.2, -0.15) is 16.3 Å². The van der Waals surface area contributed by atoms with Crippen LogP contribution in [0.1, 0.15) is 5.56 Å². The number of rotatable bonds is 5. The molecule has 4 aromatic rings. The van der Waals surface area contributed by atoms with Crippen LogP contribution >= 0.6 is 11.3 Å². The number of aromatic nitrogens is 2. The lowest BCUT2D eigenvalue weighted by atomic mass is 10.0. The number of anilines is 1. The van der Waals surface area contributed by atoms with E-state index in [1.54, 1.807) is 29.8 Å². The molecule has 1 fully saturated rings. The van der Waals surface area contributed by atoms with Gasteiger partial charge in [-0.3, -0.25) is 9.78 Å². The third-order valence-electron chi connectivity index (χ3n) is 4.98. The van der Waals surface area contributed by atoms with Crippen molar-refractivity contribution in [1.82, 2.24) is 9.97 Å². The fourth-order valence-corrected chi connectivity index (χ4v) is 4.08. The van der Waals surface area contributed by atoms with Gasteiger partial charge < -0.3 is 18.8 Å². The standard InChI is InChI=1S/C22H19N3O4S/c26-21-17-1-2-18(28-13-15-3-6-23-7-4-15)19(16-5-12-30-14-16)20(17)29-22(24-21)25-8-10-27-11-9-25/h1-7,12,14H,8-11,13H2. The van der Waals surface area contributed by atoms with Crippen molar-refractivity contribution in [2.24, 2.45) is 0 Å². The fourth-order valence-electron chi connectivity index (χ4n) is 3.43. The summed E-state index contributed by atoms with van der Waals surface area (Å²) in [4.78, 5) is 22.9. The molecular weight excluding hydrogens is 402 g/mol. The number of thiophene rings is 1. The van der Waals surface area contributed by atoms with Gasteiger partial charge in [-0.25, -0.2) is 0 Å². The number of nitrogens with zero attached hydrogens (tertiary/aromatic N) is 3. The third kappa shape index (κ3) is 3.67. The molecule has 1 saturated heterocycles. The summed E-state index contributed by atoms with van der Waals surface area (Å²) < 4.78 is 17.7. The zero-order valence-corrected chi connectivity index (χ0v) is 16.9. The van der Waals surface area contributed by atoms with Gasteiger partial charge in [-0.15, -0.1) is 0 Å². The Hall–Kier alpha value is -3.23. The topological polar surface area (TPSA) is 77.7 Å². The van der Waals surface area contributed by atoms with Gasteiger partial charge in [-0.1, -0.05) is 0 Å². The van der Waals surface area contributed by atoms with Crippen molar-refractivity contribution in [3.63, 3.8) is 0 Å². The molecule has 3 aromatic heterocycles. The summed E-state index contributed by atoms with van der Waals surface area (Å²) in [6.45, 7) is 2.81. The predicted molar refractivity (Wildman–Crippen MR) is 115 cm³/mol. The largest absolute Gasteiger partial charge is 0.488 e. The number of hydrogen-bond acceptors (Lipinski definition) is 8. The summed E-state index contributed by atoms with van der Waals surface area (Å²) >= 11 is 1.58. The fraction of sp³-hybridized carbons (Fsp3) is 0.227. The van der Waals surface area contributed by atoms with Crippen LogP contribution in [0.25, 0.3) is 22.1 Å². The maximum Gasteiger partial charge on any atom is 0.301 e. The lowest BCUT2D eigenvalue weighted by molar-refractivity contribution is 0.120. The number of benzene rings is 1. The number of ether oxygens (including phenoxy) is 2. The van der Waals surface area contributed by atoms with Crippen LogP contribution in [0.3, 0.4) is 0 Å². The molecule has 7 nitrogen and oxygen atoms in total. The van der Waals surface area contributed by atoms with Crippen LogP contribution in [0, 0.1) is 0 Å². The van der Waals surface area contributed by atoms with E-state index in [1.807, 2.05) is 39.9 Å². The summed E-state index contributed by atoms with van der Waals surface area (Å²) in [7, 11) is 0. The first-order valence-corrected chi connectivity index (χ1v) is 10.6. The van der Waals surface area contributed by atoms with Crippen LogP contribution in [0.5, 0.6) is 5.75 Å². The molecule has 8 heteroatoms. The quantitative estimate of drug-likeness (QED) is 0.486. The molecule has 0 N–H and O–H groups in total. The summed E-state index contributed by atoms with van der Waals surface area (Å²) in [5, 5.41) is 4.44. The lowest BCUT2D eigenvalue weighted by Crippen LogP contribution is -2.37. The molecule has 4 heterocycles. The van der Waals surface area contributed by atoms with Crippen molar-refractivity contribution in [1.29, 1.82) is 0 Å². The Morgan fingerprint density at radius 1 is 1.10 bits per heavy atom. The second kappa shape index (κ2) is 8.25. The van der Waals surface area contributed by atoms with E-state index < -0.39 is 0 Å². The first-order chi connectivity index (χ1) is 14.8. The minimum Gasteiger partial charge on any atom is -0.488 e. The Kier molecular flexibility index (Phi) is 5.17. The average molecular weight is 421 g/mol. The van der Waals surface area contributed by atoms with Crippen molar-refractivity contribution in [2.75, 3.05) is 31.2 Å². The van der Waals surface area contributed by atoms with Gasteiger partial charge in [0.15, 0.2) is 5.58 Å². The number of hydrogen-bond donors (Lipinski definition) is 0. The monoisotopic (exact) mass is 421 g/mol. The van der Waals surface area contributed by atoms with Crippen LogP contribution in [0.15, 0.2) is 62.7 Å². The van der Waals surface area contributed by atoms with Gasteiger partial charge in [0.25, 0.3) is 5.56 Å². The predicted octanol–water partition coefficient (Wildman–Crippen LogP) is 3.73. The molecule has 0 spiro atoms. The van der Waals surface area contributed by atoms with Crippen molar-refractivity contribution >= 4 is 28.3 Å². The van der Waals surface area contributed by atoms with Gasteiger partial charge in [0.05, 0.1) is 24.2 Å². The summed E-state index contributed by atoms with van der Waals surface area (Å²) in [5.74, 6) is 0.653. The highest BCUT2D eigenvalue weighted by Gasteiger charge is 2.21. The highest BCUT2D eigenvalue weighted by molar-refractivity contribution is 7.08. The van der Waals surface area contributed by atoms with E-state index in [0.29, 0.717) is 55.6 Å². The van der Waals surface area contributed by atoms with E-state index in [2.05, 4.69) is 9.97 Å². The smallest absolute Gasteiger partial charge is 0.301 e. The molecule has 0 aliphatic carbocycles. The van der Waals surface area contributed by atoms with Gasteiger partial charge in [0.1, 0.15) is 12.4 Å². The first-order valence-electron chi connectivity index (χ1n) is 9.64. The van der Waals surface area contributed by atoms with Gasteiger partial charge in [0, 0.05) is 25.5 Å². The Bertz CT molecular complexity index is 1200. The highest BCUT2D eigenvalue weighted by atomic mass is 32.1. The molecular formula is C22H19N3O4S. The zero-order chi connectivity index (χ0) is 20.3. The van der Waals surface area contributed by atoms with E-state index in [9.17, 15) is 4.79 Å². The Morgan fingerprint density at radius 3 is 2.70 bits per heavy atom. The molecule has 0 unspecified atom stereocenters. The first kappa shape index (κ1) is 18.8. The lowest BCUT2D eigenvalue weighted by Gasteiger charge is -2.26. The molecule has 1 aromatic carbocycles. The molecule has 1 aliphatic heterocycles. The number of pyridine rings is 1. The third-order valence-corrected chi connectivity index (χ3v) is 5.66. The van der Waals surface area contributed by atoms with Crippen molar-refractivity contribution in [3.8, 4) is 16.9 Å². The van der Waals surface area contributed by atoms with E-state index in [0.717, 1.165) is 16.7 Å². The second-order valence-corrected chi connectivity index (χ2v) is 7.65. The van der Waals surface area contributed by atoms with Crippen LogP contribution in [-0.4, -0.2) is 36.3 Å². The van der Waals surface area contributed by atoms with Crippen LogP contribution in [-0.2, 0) is 11.3 Å².